The number of nitrogens with one attached hydrogen (secondary N) is 1. The van der Waals surface area contributed by atoms with Gasteiger partial charge in [0.25, 0.3) is 0 Å². The van der Waals surface area contributed by atoms with Gasteiger partial charge in [0.2, 0.25) is 0 Å². The number of rotatable bonds is 5. The molecule has 21 heavy (non-hydrogen) atoms. The van der Waals surface area contributed by atoms with Crippen LogP contribution < -0.4 is 5.43 Å². The fourth-order valence-electron chi connectivity index (χ4n) is 1.77. The predicted octanol–water partition coefficient (Wildman–Crippen LogP) is 3.21. The summed E-state index contributed by atoms with van der Waals surface area (Å²) in [5, 5.41) is 13.3. The van der Waals surface area contributed by atoms with Gasteiger partial charge in [-0.2, -0.15) is 10.4 Å². The fraction of sp³-hybridized carbons (Fsp3) is 0.214. The number of halogens is 1. The van der Waals surface area contributed by atoms with Gasteiger partial charge in [0.1, 0.15) is 17.4 Å². The monoisotopic (exact) mass is 348 g/mol. The Labute approximate surface area is 130 Å². The minimum Gasteiger partial charge on any atom is -0.448 e. The largest absolute Gasteiger partial charge is 0.448 e. The molecule has 0 fully saturated rings. The smallest absolute Gasteiger partial charge is 0.169 e. The molecule has 0 radical (unpaired) electrons. The van der Waals surface area contributed by atoms with E-state index in [9.17, 15) is 5.26 Å². The summed E-state index contributed by atoms with van der Waals surface area (Å²) in [5.41, 5.74) is 4.73. The van der Waals surface area contributed by atoms with Crippen molar-refractivity contribution in [1.82, 2.24) is 4.98 Å². The Bertz CT molecular complexity index is 703. The minimum absolute atomic E-state index is 0.343. The predicted molar refractivity (Wildman–Crippen MR) is 82.0 cm³/mol. The molecule has 2 heterocycles. The van der Waals surface area contributed by atoms with E-state index >= 15 is 0 Å². The van der Waals surface area contributed by atoms with Crippen LogP contribution >= 0.6 is 15.9 Å². The summed E-state index contributed by atoms with van der Waals surface area (Å²) in [7, 11) is 1.58. The minimum atomic E-state index is 0.343. The molecule has 6 nitrogen and oxygen atoms in total. The number of furan rings is 1. The number of hydrogen-bond donors (Lipinski definition) is 1. The first-order chi connectivity index (χ1) is 10.1. The molecule has 0 atom stereocenters. The van der Waals surface area contributed by atoms with Crippen LogP contribution in [-0.2, 0) is 11.3 Å². The van der Waals surface area contributed by atoms with Gasteiger partial charge in [-0.05, 0) is 41.1 Å². The lowest BCUT2D eigenvalue weighted by atomic mass is 10.1. The normalized spacial score (nSPS) is 10.8. The highest BCUT2D eigenvalue weighted by molar-refractivity contribution is 9.10. The van der Waals surface area contributed by atoms with Crippen molar-refractivity contribution < 1.29 is 9.15 Å². The average Bonchev–Trinajstić information content (AvgIpc) is 2.85. The molecule has 2 aromatic heterocycles. The highest BCUT2D eigenvalue weighted by Crippen LogP contribution is 2.19. The summed E-state index contributed by atoms with van der Waals surface area (Å²) in [6, 6.07) is 7.47. The van der Waals surface area contributed by atoms with Crippen molar-refractivity contribution in [1.29, 1.82) is 5.26 Å². The number of nitriles is 1. The van der Waals surface area contributed by atoms with E-state index in [0.29, 0.717) is 28.4 Å². The van der Waals surface area contributed by atoms with Crippen LogP contribution in [0.25, 0.3) is 0 Å². The van der Waals surface area contributed by atoms with Crippen LogP contribution in [0.15, 0.2) is 32.4 Å². The summed E-state index contributed by atoms with van der Waals surface area (Å²) in [6.07, 6.45) is 1.51. The van der Waals surface area contributed by atoms with Gasteiger partial charge in [0, 0.05) is 18.4 Å². The van der Waals surface area contributed by atoms with E-state index in [1.54, 1.807) is 19.2 Å². The van der Waals surface area contributed by atoms with Crippen LogP contribution in [0.3, 0.4) is 0 Å². The van der Waals surface area contributed by atoms with Crippen LogP contribution in [-0.4, -0.2) is 18.3 Å². The van der Waals surface area contributed by atoms with Gasteiger partial charge >= 0.3 is 0 Å². The third-order valence-electron chi connectivity index (χ3n) is 2.60. The lowest BCUT2D eigenvalue weighted by Gasteiger charge is -2.08. The number of ether oxygens (including phenoxy) is 1. The highest BCUT2D eigenvalue weighted by Gasteiger charge is 2.10. The van der Waals surface area contributed by atoms with Crippen molar-refractivity contribution >= 4 is 28.0 Å². The first-order valence-electron chi connectivity index (χ1n) is 6.08. The number of pyridine rings is 1. The molecule has 0 aromatic carbocycles. The van der Waals surface area contributed by atoms with Crippen molar-refractivity contribution in [2.75, 3.05) is 12.5 Å². The summed E-state index contributed by atoms with van der Waals surface area (Å²) in [6.45, 7) is 2.19. The summed E-state index contributed by atoms with van der Waals surface area (Å²) >= 11 is 3.21. The van der Waals surface area contributed by atoms with Crippen molar-refractivity contribution in [3.63, 3.8) is 0 Å². The zero-order valence-electron chi connectivity index (χ0n) is 11.6. The second kappa shape index (κ2) is 7.02. The molecule has 0 saturated carbocycles. The van der Waals surface area contributed by atoms with E-state index in [2.05, 4.69) is 37.5 Å². The van der Waals surface area contributed by atoms with E-state index < -0.39 is 0 Å². The van der Waals surface area contributed by atoms with Gasteiger partial charge in [-0.1, -0.05) is 0 Å². The van der Waals surface area contributed by atoms with Crippen LogP contribution in [0.1, 0.15) is 22.6 Å². The fourth-order valence-corrected chi connectivity index (χ4v) is 2.09. The van der Waals surface area contributed by atoms with Crippen molar-refractivity contribution in [3.8, 4) is 6.07 Å². The summed E-state index contributed by atoms with van der Waals surface area (Å²) in [5.74, 6) is 0.976. The van der Waals surface area contributed by atoms with E-state index in [1.807, 2.05) is 13.0 Å². The maximum absolute atomic E-state index is 9.27. The molecule has 0 aliphatic heterocycles. The first-order valence-corrected chi connectivity index (χ1v) is 6.87. The number of aromatic nitrogens is 1. The molecule has 0 amide bonds. The van der Waals surface area contributed by atoms with Gasteiger partial charge in [0.15, 0.2) is 10.5 Å². The quantitative estimate of drug-likeness (QED) is 0.662. The molecule has 0 aliphatic rings. The Morgan fingerprint density at radius 3 is 3.00 bits per heavy atom. The third kappa shape index (κ3) is 3.90. The molecule has 0 unspecified atom stereocenters. The molecule has 2 aromatic rings. The van der Waals surface area contributed by atoms with Crippen molar-refractivity contribution in [2.24, 2.45) is 5.10 Å². The topological polar surface area (TPSA) is 83.4 Å². The molecule has 0 aliphatic carbocycles. The van der Waals surface area contributed by atoms with Crippen molar-refractivity contribution in [2.45, 2.75) is 13.5 Å². The van der Waals surface area contributed by atoms with E-state index in [-0.39, 0.29) is 0 Å². The van der Waals surface area contributed by atoms with Gasteiger partial charge in [-0.25, -0.2) is 4.98 Å². The van der Waals surface area contributed by atoms with E-state index in [0.717, 1.165) is 11.3 Å². The van der Waals surface area contributed by atoms with Crippen LogP contribution in [0.4, 0.5) is 5.82 Å². The van der Waals surface area contributed by atoms with Gasteiger partial charge in [-0.3, -0.25) is 5.43 Å². The number of hydrazone groups is 1. The van der Waals surface area contributed by atoms with Crippen molar-refractivity contribution in [3.05, 3.63) is 45.4 Å². The number of methoxy groups -OCH3 is 1. The summed E-state index contributed by atoms with van der Waals surface area (Å²) in [4.78, 5) is 4.28. The molecule has 0 saturated heterocycles. The Morgan fingerprint density at radius 2 is 2.38 bits per heavy atom. The third-order valence-corrected chi connectivity index (χ3v) is 3.02. The van der Waals surface area contributed by atoms with Crippen LogP contribution in [0.2, 0.25) is 0 Å². The molecule has 0 spiro atoms. The lowest BCUT2D eigenvalue weighted by Crippen LogP contribution is -2.03. The summed E-state index contributed by atoms with van der Waals surface area (Å²) < 4.78 is 11.0. The molecular formula is C14H13BrN4O2. The Balaban J connectivity index is 2.23. The second-order valence-corrected chi connectivity index (χ2v) is 4.98. The highest BCUT2D eigenvalue weighted by atomic mass is 79.9. The molecule has 7 heteroatoms. The first kappa shape index (κ1) is 15.2. The van der Waals surface area contributed by atoms with Gasteiger partial charge in [0.05, 0.1) is 12.8 Å². The molecule has 108 valence electrons. The SMILES string of the molecule is COCc1cc(C)nc(N/N=C\c2ccc(Br)o2)c1C#N. The Kier molecular flexibility index (Phi) is 5.09. The molecule has 0 bridgehead atoms. The molecule has 2 rings (SSSR count). The second-order valence-electron chi connectivity index (χ2n) is 4.20. The number of aryl methyl sites for hydroxylation is 1. The standard InChI is InChI=1S/C14H13BrN4O2/c1-9-5-10(8-20-2)12(6-16)14(18-9)19-17-7-11-3-4-13(15)21-11/h3-5,7H,8H2,1-2H3,(H,18,19)/b17-7-. The zero-order valence-corrected chi connectivity index (χ0v) is 13.1. The Morgan fingerprint density at radius 1 is 1.57 bits per heavy atom. The van der Waals surface area contributed by atoms with E-state index in [4.69, 9.17) is 9.15 Å². The van der Waals surface area contributed by atoms with E-state index in [1.165, 1.54) is 6.21 Å². The maximum atomic E-state index is 9.27. The lowest BCUT2D eigenvalue weighted by molar-refractivity contribution is 0.184. The Hall–Kier alpha value is -2.17. The van der Waals surface area contributed by atoms with Crippen LogP contribution in [0, 0.1) is 18.3 Å². The zero-order chi connectivity index (χ0) is 15.2. The number of nitrogens with zero attached hydrogens (tertiary/aromatic N) is 3. The number of hydrogen-bond acceptors (Lipinski definition) is 6. The molecular weight excluding hydrogens is 336 g/mol. The van der Waals surface area contributed by atoms with Gasteiger partial charge < -0.3 is 9.15 Å². The maximum Gasteiger partial charge on any atom is 0.169 e. The number of anilines is 1. The molecule has 1 N–H and O–H groups in total. The average molecular weight is 349 g/mol. The van der Waals surface area contributed by atoms with Gasteiger partial charge in [-0.15, -0.1) is 0 Å². The van der Waals surface area contributed by atoms with Crippen LogP contribution in [0.5, 0.6) is 0 Å².